The van der Waals surface area contributed by atoms with E-state index >= 15 is 0 Å². The first-order valence-corrected chi connectivity index (χ1v) is 23.1. The highest BCUT2D eigenvalue weighted by atomic mass is 32.1. The van der Waals surface area contributed by atoms with Crippen molar-refractivity contribution >= 4 is 57.0 Å². The minimum absolute atomic E-state index is 0.0254. The number of fused-ring (bicyclic) bond motifs is 1. The number of thiazole rings is 1. The third-order valence-electron chi connectivity index (χ3n) is 11.8. The van der Waals surface area contributed by atoms with Gasteiger partial charge in [-0.3, -0.25) is 14.4 Å². The zero-order valence-electron chi connectivity index (χ0n) is 37.4. The number of Topliss-reactive ketones (excluding diaryl/α,β-unsaturated/α-hetero) is 1. The van der Waals surface area contributed by atoms with Gasteiger partial charge in [-0.2, -0.15) is 0 Å². The lowest BCUT2D eigenvalue weighted by Crippen LogP contribution is -2.55. The summed E-state index contributed by atoms with van der Waals surface area (Å²) in [5, 5.41) is 25.0. The molecule has 0 radical (unpaired) electrons. The van der Waals surface area contributed by atoms with Crippen LogP contribution in [0.3, 0.4) is 0 Å². The number of carboxylic acids is 1. The summed E-state index contributed by atoms with van der Waals surface area (Å²) in [6.45, 7) is 9.08. The molecule has 344 valence electrons. The van der Waals surface area contributed by atoms with Crippen molar-refractivity contribution < 1.29 is 42.9 Å². The molecular formula is C47H60FN7O8S. The molecule has 1 saturated carbocycles. The Hall–Kier alpha value is -5.84. The van der Waals surface area contributed by atoms with Crippen molar-refractivity contribution in [2.24, 2.45) is 11.8 Å². The number of carbonyl (C=O) groups is 5. The largest absolute Gasteiger partial charge is 0.497 e. The number of benzene rings is 2. The molecule has 0 spiro atoms. The molecule has 2 aromatic carbocycles. The van der Waals surface area contributed by atoms with Gasteiger partial charge >= 0.3 is 12.0 Å². The van der Waals surface area contributed by atoms with Crippen LogP contribution in [0.25, 0.3) is 22.3 Å². The van der Waals surface area contributed by atoms with Crippen molar-refractivity contribution in [1.82, 2.24) is 30.8 Å². The second-order valence-electron chi connectivity index (χ2n) is 17.4. The Morgan fingerprint density at radius 1 is 0.969 bits per heavy atom. The van der Waals surface area contributed by atoms with Crippen LogP contribution in [0.5, 0.6) is 11.5 Å². The normalized spacial score (nSPS) is 19.6. The van der Waals surface area contributed by atoms with E-state index in [0.29, 0.717) is 46.6 Å². The molecule has 17 heteroatoms. The van der Waals surface area contributed by atoms with Crippen LogP contribution >= 0.6 is 11.3 Å². The molecule has 15 nitrogen and oxygen atoms in total. The smallest absolute Gasteiger partial charge is 0.329 e. The number of hydrogen-bond acceptors (Lipinski definition) is 11. The molecule has 5 N–H and O–H groups in total. The fraction of sp³-hybridized carbons (Fsp3) is 0.511. The van der Waals surface area contributed by atoms with Crippen molar-refractivity contribution in [3.05, 3.63) is 65.3 Å². The summed E-state index contributed by atoms with van der Waals surface area (Å²) in [5.74, 6) is -2.87. The van der Waals surface area contributed by atoms with E-state index in [0.717, 1.165) is 55.8 Å². The number of methoxy groups -OCH3 is 1. The number of ketones is 1. The lowest BCUT2D eigenvalue weighted by molar-refractivity contribution is -0.145. The molecule has 1 aliphatic carbocycles. The minimum atomic E-state index is -1.44. The third kappa shape index (κ3) is 11.6. The third-order valence-corrected chi connectivity index (χ3v) is 12.6. The van der Waals surface area contributed by atoms with Crippen molar-refractivity contribution in [2.75, 3.05) is 25.5 Å². The fourth-order valence-corrected chi connectivity index (χ4v) is 9.07. The van der Waals surface area contributed by atoms with Crippen LogP contribution in [-0.2, 0) is 14.4 Å². The first-order chi connectivity index (χ1) is 30.6. The van der Waals surface area contributed by atoms with Gasteiger partial charge in [0.15, 0.2) is 10.9 Å². The number of amides is 4. The number of rotatable bonds is 22. The maximum absolute atomic E-state index is 14.3. The predicted octanol–water partition coefficient (Wildman–Crippen LogP) is 7.59. The molecule has 2 fully saturated rings. The monoisotopic (exact) mass is 901 g/mol. The van der Waals surface area contributed by atoms with Crippen LogP contribution in [0, 0.1) is 17.7 Å². The summed E-state index contributed by atoms with van der Waals surface area (Å²) in [7, 11) is 1.56. The van der Waals surface area contributed by atoms with Gasteiger partial charge in [-0.1, -0.05) is 59.3 Å². The number of carboxylic acid groups (broad SMARTS) is 1. The Kier molecular flexibility index (Phi) is 15.8. The van der Waals surface area contributed by atoms with Gasteiger partial charge in [-0.15, -0.1) is 11.3 Å². The van der Waals surface area contributed by atoms with Gasteiger partial charge in [0.05, 0.1) is 37.5 Å². The van der Waals surface area contributed by atoms with Gasteiger partial charge in [-0.05, 0) is 74.9 Å². The first-order valence-electron chi connectivity index (χ1n) is 22.2. The quantitative estimate of drug-likeness (QED) is 0.0384. The molecule has 1 aliphatic heterocycles. The Morgan fingerprint density at radius 2 is 1.70 bits per heavy atom. The molecule has 0 bridgehead atoms. The van der Waals surface area contributed by atoms with E-state index in [1.54, 1.807) is 39.2 Å². The highest BCUT2D eigenvalue weighted by Crippen LogP contribution is 2.47. The minimum Gasteiger partial charge on any atom is -0.497 e. The van der Waals surface area contributed by atoms with Crippen molar-refractivity contribution in [2.45, 2.75) is 122 Å². The number of unbranched alkanes of at least 4 members (excludes halogenated alkanes) is 5. The summed E-state index contributed by atoms with van der Waals surface area (Å²) in [4.78, 5) is 78.5. The SMILES string of the molecule is CCCCCCCCC1C[C@]1(NC(=O)[C@@H]1CC(Oc2cc(-c3csc(NC(C)C)n3)nc3cc(OC)ccc23)CN1C(=O)CNC(=O)N[C@H](C(=O)c1ccc(F)cc1)C(C)C)C(=O)O. The van der Waals surface area contributed by atoms with E-state index in [1.165, 1.54) is 28.4 Å². The number of halogens is 1. The van der Waals surface area contributed by atoms with Gasteiger partial charge in [0.1, 0.15) is 40.7 Å². The molecule has 1 saturated heterocycles. The van der Waals surface area contributed by atoms with Crippen molar-refractivity contribution in [1.29, 1.82) is 0 Å². The zero-order valence-corrected chi connectivity index (χ0v) is 38.2. The molecule has 2 aromatic heterocycles. The molecule has 2 aliphatic rings. The average molecular weight is 902 g/mol. The Labute approximate surface area is 377 Å². The predicted molar refractivity (Wildman–Crippen MR) is 243 cm³/mol. The van der Waals surface area contributed by atoms with E-state index in [1.807, 2.05) is 25.3 Å². The molecule has 64 heavy (non-hydrogen) atoms. The lowest BCUT2D eigenvalue weighted by Gasteiger charge is -2.26. The zero-order chi connectivity index (χ0) is 46.1. The van der Waals surface area contributed by atoms with Crippen LogP contribution in [-0.4, -0.2) is 99.5 Å². The number of pyridine rings is 1. The molecule has 6 rings (SSSR count). The highest BCUT2D eigenvalue weighted by molar-refractivity contribution is 7.14. The topological polar surface area (TPSA) is 201 Å². The van der Waals surface area contributed by atoms with Crippen LogP contribution in [0.1, 0.15) is 103 Å². The van der Waals surface area contributed by atoms with E-state index in [-0.39, 0.29) is 36.4 Å². The Morgan fingerprint density at radius 3 is 2.39 bits per heavy atom. The number of aromatic nitrogens is 2. The Bertz CT molecular complexity index is 2310. The van der Waals surface area contributed by atoms with Crippen LogP contribution in [0.15, 0.2) is 53.9 Å². The van der Waals surface area contributed by atoms with E-state index in [9.17, 15) is 33.5 Å². The molecule has 4 aromatic rings. The standard InChI is InChI=1S/C47H60FN7O8S/c1-7-8-9-10-11-12-13-30-23-47(30,44(59)60)54-43(58)38-21-33(25-55(38)40(56)24-49-45(61)53-41(27(2)3)42(57)29-14-16-31(48)17-15-29)63-39-22-36(37-26-64-46(52-37)50-28(4)5)51-35-20-32(62-6)18-19-34(35)39/h14-20,22,26-28,30,33,38,41H,7-13,21,23-25H2,1-6H3,(H,50,52)(H,54,58)(H,59,60)(H2,49,53,61)/t30?,33?,38-,41-,47+/m0/s1. The molecule has 3 heterocycles. The number of nitrogens with one attached hydrogen (secondary N) is 4. The fourth-order valence-electron chi connectivity index (χ4n) is 8.22. The van der Waals surface area contributed by atoms with Gasteiger partial charge in [0.2, 0.25) is 11.8 Å². The van der Waals surface area contributed by atoms with Crippen LogP contribution in [0.2, 0.25) is 0 Å². The summed E-state index contributed by atoms with van der Waals surface area (Å²) in [5.41, 5.74) is 0.488. The second kappa shape index (κ2) is 21.2. The van der Waals surface area contributed by atoms with Crippen molar-refractivity contribution in [3.8, 4) is 22.9 Å². The first kappa shape index (κ1) is 47.6. The summed E-state index contributed by atoms with van der Waals surface area (Å²) < 4.78 is 25.7. The number of ether oxygens (including phenoxy) is 2. The molecule has 4 amide bonds. The number of likely N-dealkylation sites (tertiary alicyclic amines) is 1. The van der Waals surface area contributed by atoms with E-state index < -0.39 is 65.7 Å². The summed E-state index contributed by atoms with van der Waals surface area (Å²) in [6.07, 6.45) is 6.57. The average Bonchev–Trinajstić information content (AvgIpc) is 3.53. The number of urea groups is 1. The van der Waals surface area contributed by atoms with E-state index in [2.05, 4.69) is 28.2 Å². The molecular weight excluding hydrogens is 842 g/mol. The summed E-state index contributed by atoms with van der Waals surface area (Å²) >= 11 is 1.44. The highest BCUT2D eigenvalue weighted by Gasteiger charge is 2.62. The number of anilines is 1. The number of aliphatic carboxylic acids is 1. The van der Waals surface area contributed by atoms with Gasteiger partial charge in [-0.25, -0.2) is 23.9 Å². The van der Waals surface area contributed by atoms with Gasteiger partial charge in [0, 0.05) is 40.9 Å². The van der Waals surface area contributed by atoms with Crippen LogP contribution < -0.4 is 30.7 Å². The number of carbonyl (C=O) groups excluding carboxylic acids is 4. The van der Waals surface area contributed by atoms with Crippen molar-refractivity contribution in [3.63, 3.8) is 0 Å². The number of nitrogens with zero attached hydrogens (tertiary/aromatic N) is 3. The number of hydrogen-bond donors (Lipinski definition) is 5. The van der Waals surface area contributed by atoms with Gasteiger partial charge < -0.3 is 40.7 Å². The maximum Gasteiger partial charge on any atom is 0.329 e. The summed E-state index contributed by atoms with van der Waals surface area (Å²) in [6, 6.07) is 9.40. The van der Waals surface area contributed by atoms with Crippen LogP contribution in [0.4, 0.5) is 14.3 Å². The maximum atomic E-state index is 14.3. The Balaban J connectivity index is 1.22. The molecule has 2 unspecified atom stereocenters. The lowest BCUT2D eigenvalue weighted by atomic mass is 9.95. The second-order valence-corrected chi connectivity index (χ2v) is 18.3. The molecule has 5 atom stereocenters. The van der Waals surface area contributed by atoms with Gasteiger partial charge in [0.25, 0.3) is 0 Å². The van der Waals surface area contributed by atoms with E-state index in [4.69, 9.17) is 19.4 Å².